The second-order valence-corrected chi connectivity index (χ2v) is 8.92. The van der Waals surface area contributed by atoms with Gasteiger partial charge in [0.25, 0.3) is 0 Å². The molecule has 172 valence electrons. The smallest absolute Gasteiger partial charge is 0.163 e. The molecule has 0 unspecified atom stereocenters. The lowest BCUT2D eigenvalue weighted by Crippen LogP contribution is -2.16. The lowest BCUT2D eigenvalue weighted by Gasteiger charge is -2.22. The Morgan fingerprint density at radius 3 is 2.41 bits per heavy atom. The van der Waals surface area contributed by atoms with E-state index in [1.54, 1.807) is 0 Å². The van der Waals surface area contributed by atoms with Crippen LogP contribution in [0.25, 0.3) is 0 Å². The van der Waals surface area contributed by atoms with Crippen molar-refractivity contribution in [3.63, 3.8) is 0 Å². The molecule has 0 amide bonds. The number of rotatable bonds is 9. The van der Waals surface area contributed by atoms with Gasteiger partial charge in [0.2, 0.25) is 0 Å². The van der Waals surface area contributed by atoms with Crippen LogP contribution in [0, 0.1) is 0 Å². The molecule has 4 heteroatoms. The minimum Gasteiger partial charge on any atom is -0.491 e. The van der Waals surface area contributed by atoms with Crippen LogP contribution < -0.4 is 4.74 Å². The average molecular weight is 451 g/mol. The number of Topliss-reactive ketones (excluding diaryl/α,β-unsaturated/α-hetero) is 1. The van der Waals surface area contributed by atoms with Gasteiger partial charge in [0, 0.05) is 30.3 Å². The molecule has 34 heavy (non-hydrogen) atoms. The first-order valence-corrected chi connectivity index (χ1v) is 12.2. The standard InChI is InChI=1S/C30H30N2O2/c33-29-13-7-12-26-27(29)16-17-30(28(26)15-14-23-8-3-1-4-9-23)34-19-18-32-22-31-21-25(32)20-24-10-5-2-6-11-24/h1-6,8-11,16-17,21-22H,7,12-15,18-20H2. The molecule has 0 N–H and O–H groups in total. The lowest BCUT2D eigenvalue weighted by atomic mass is 9.85. The van der Waals surface area contributed by atoms with Crippen LogP contribution in [0.5, 0.6) is 5.75 Å². The van der Waals surface area contributed by atoms with Crippen LogP contribution in [0.1, 0.15) is 51.1 Å². The number of carbonyl (C=O) groups excluding carboxylic acids is 1. The van der Waals surface area contributed by atoms with Crippen molar-refractivity contribution in [3.05, 3.63) is 119 Å². The predicted octanol–water partition coefficient (Wildman–Crippen LogP) is 5.86. The molecule has 0 saturated heterocycles. The van der Waals surface area contributed by atoms with E-state index in [1.807, 2.05) is 36.8 Å². The summed E-state index contributed by atoms with van der Waals surface area (Å²) in [5.41, 5.74) is 7.03. The summed E-state index contributed by atoms with van der Waals surface area (Å²) in [4.78, 5) is 16.9. The quantitative estimate of drug-likeness (QED) is 0.321. The maximum Gasteiger partial charge on any atom is 0.163 e. The summed E-state index contributed by atoms with van der Waals surface area (Å²) in [6.07, 6.45) is 8.99. The van der Waals surface area contributed by atoms with Crippen LogP contribution in [0.4, 0.5) is 0 Å². The molecular formula is C30H30N2O2. The van der Waals surface area contributed by atoms with Crippen molar-refractivity contribution < 1.29 is 9.53 Å². The number of benzene rings is 3. The molecule has 1 aromatic heterocycles. The maximum absolute atomic E-state index is 12.5. The highest BCUT2D eigenvalue weighted by Gasteiger charge is 2.22. The van der Waals surface area contributed by atoms with Gasteiger partial charge in [-0.1, -0.05) is 60.7 Å². The second kappa shape index (κ2) is 10.5. The van der Waals surface area contributed by atoms with Crippen molar-refractivity contribution in [2.45, 2.75) is 45.1 Å². The molecule has 4 nitrogen and oxygen atoms in total. The first-order chi connectivity index (χ1) is 16.8. The van der Waals surface area contributed by atoms with Crippen molar-refractivity contribution in [1.29, 1.82) is 0 Å². The number of carbonyl (C=O) groups is 1. The molecular weight excluding hydrogens is 420 g/mol. The van der Waals surface area contributed by atoms with E-state index < -0.39 is 0 Å². The maximum atomic E-state index is 12.5. The molecule has 0 spiro atoms. The van der Waals surface area contributed by atoms with Gasteiger partial charge in [-0.05, 0) is 60.1 Å². The number of nitrogens with zero attached hydrogens (tertiary/aromatic N) is 2. The Balaban J connectivity index is 1.31. The van der Waals surface area contributed by atoms with Gasteiger partial charge < -0.3 is 9.30 Å². The Hall–Kier alpha value is -3.66. The van der Waals surface area contributed by atoms with Gasteiger partial charge in [-0.25, -0.2) is 4.98 Å². The number of hydrogen-bond donors (Lipinski definition) is 0. The average Bonchev–Trinajstić information content (AvgIpc) is 3.31. The van der Waals surface area contributed by atoms with Crippen LogP contribution in [-0.2, 0) is 32.2 Å². The zero-order chi connectivity index (χ0) is 23.2. The molecule has 5 rings (SSSR count). The van der Waals surface area contributed by atoms with E-state index in [4.69, 9.17) is 4.74 Å². The fourth-order valence-electron chi connectivity index (χ4n) is 4.86. The van der Waals surface area contributed by atoms with Crippen molar-refractivity contribution in [2.75, 3.05) is 6.61 Å². The molecule has 0 fully saturated rings. The van der Waals surface area contributed by atoms with Gasteiger partial charge in [0.05, 0.1) is 12.9 Å². The van der Waals surface area contributed by atoms with Crippen molar-refractivity contribution >= 4 is 5.78 Å². The highest BCUT2D eigenvalue weighted by atomic mass is 16.5. The van der Waals surface area contributed by atoms with Gasteiger partial charge in [-0.15, -0.1) is 0 Å². The van der Waals surface area contributed by atoms with Crippen LogP contribution in [-0.4, -0.2) is 21.9 Å². The predicted molar refractivity (Wildman–Crippen MR) is 135 cm³/mol. The minimum absolute atomic E-state index is 0.262. The van der Waals surface area contributed by atoms with E-state index in [2.05, 4.69) is 58.1 Å². The number of hydrogen-bond acceptors (Lipinski definition) is 3. The van der Waals surface area contributed by atoms with E-state index >= 15 is 0 Å². The fraction of sp³-hybridized carbons (Fsp3) is 0.267. The zero-order valence-corrected chi connectivity index (χ0v) is 19.5. The minimum atomic E-state index is 0.262. The van der Waals surface area contributed by atoms with Gasteiger partial charge >= 0.3 is 0 Å². The third-order valence-electron chi connectivity index (χ3n) is 6.64. The van der Waals surface area contributed by atoms with E-state index in [-0.39, 0.29) is 5.78 Å². The summed E-state index contributed by atoms with van der Waals surface area (Å²) in [5, 5.41) is 0. The summed E-state index contributed by atoms with van der Waals surface area (Å²) in [6, 6.07) is 24.9. The van der Waals surface area contributed by atoms with Gasteiger partial charge in [0.1, 0.15) is 12.4 Å². The molecule has 4 aromatic rings. The highest BCUT2D eigenvalue weighted by molar-refractivity contribution is 5.99. The first kappa shape index (κ1) is 22.1. The Morgan fingerprint density at radius 2 is 1.62 bits per heavy atom. The Morgan fingerprint density at radius 1 is 0.853 bits per heavy atom. The number of aryl methyl sites for hydroxylation is 1. The third-order valence-corrected chi connectivity index (χ3v) is 6.64. The highest BCUT2D eigenvalue weighted by Crippen LogP contribution is 2.32. The molecule has 0 aliphatic heterocycles. The molecule has 1 aliphatic carbocycles. The van der Waals surface area contributed by atoms with Gasteiger partial charge in [-0.3, -0.25) is 4.79 Å². The monoisotopic (exact) mass is 450 g/mol. The third kappa shape index (κ3) is 5.12. The van der Waals surface area contributed by atoms with Gasteiger partial charge in [0.15, 0.2) is 5.78 Å². The summed E-state index contributed by atoms with van der Waals surface area (Å²) >= 11 is 0. The Kier molecular flexibility index (Phi) is 6.85. The summed E-state index contributed by atoms with van der Waals surface area (Å²) in [6.45, 7) is 1.29. The van der Waals surface area contributed by atoms with E-state index in [9.17, 15) is 4.79 Å². The van der Waals surface area contributed by atoms with Crippen LogP contribution in [0.15, 0.2) is 85.3 Å². The van der Waals surface area contributed by atoms with E-state index in [0.717, 1.165) is 50.0 Å². The summed E-state index contributed by atoms with van der Waals surface area (Å²) < 4.78 is 8.51. The molecule has 0 bridgehead atoms. The summed E-state index contributed by atoms with van der Waals surface area (Å²) in [5.74, 6) is 1.17. The molecule has 1 aliphatic rings. The molecule has 0 atom stereocenters. The molecule has 1 heterocycles. The van der Waals surface area contributed by atoms with Crippen molar-refractivity contribution in [1.82, 2.24) is 9.55 Å². The second-order valence-electron chi connectivity index (χ2n) is 8.92. The lowest BCUT2D eigenvalue weighted by molar-refractivity contribution is 0.0972. The van der Waals surface area contributed by atoms with Crippen molar-refractivity contribution in [3.8, 4) is 5.75 Å². The number of ketones is 1. The van der Waals surface area contributed by atoms with Crippen LogP contribution in [0.2, 0.25) is 0 Å². The normalized spacial score (nSPS) is 13.0. The SMILES string of the molecule is O=C1CCCc2c1ccc(OCCn1cncc1Cc1ccccc1)c2CCc1ccccc1. The van der Waals surface area contributed by atoms with Crippen LogP contribution in [0.3, 0.4) is 0 Å². The Bertz CT molecular complexity index is 1250. The number of ether oxygens (including phenoxy) is 1. The topological polar surface area (TPSA) is 44.1 Å². The Labute approximate surface area is 201 Å². The van der Waals surface area contributed by atoms with Crippen molar-refractivity contribution in [2.24, 2.45) is 0 Å². The van der Waals surface area contributed by atoms with Gasteiger partial charge in [-0.2, -0.15) is 0 Å². The fourth-order valence-corrected chi connectivity index (χ4v) is 4.86. The molecule has 0 radical (unpaired) electrons. The number of imidazole rings is 1. The molecule has 3 aromatic carbocycles. The zero-order valence-electron chi connectivity index (χ0n) is 19.5. The van der Waals surface area contributed by atoms with Crippen LogP contribution >= 0.6 is 0 Å². The summed E-state index contributed by atoms with van der Waals surface area (Å²) in [7, 11) is 0. The number of aromatic nitrogens is 2. The molecule has 0 saturated carbocycles. The number of fused-ring (bicyclic) bond motifs is 1. The van der Waals surface area contributed by atoms with E-state index in [0.29, 0.717) is 13.0 Å². The largest absolute Gasteiger partial charge is 0.491 e. The first-order valence-electron chi connectivity index (χ1n) is 12.2. The van der Waals surface area contributed by atoms with E-state index in [1.165, 1.54) is 27.9 Å².